The second-order valence-electron chi connectivity index (χ2n) is 7.73. The number of rotatable bonds is 6. The molecule has 1 aliphatic rings. The van der Waals surface area contributed by atoms with Crippen LogP contribution in [0.3, 0.4) is 0 Å². The number of carbonyl (C=O) groups excluding carboxylic acids is 1. The van der Waals surface area contributed by atoms with Gasteiger partial charge in [-0.2, -0.15) is 13.2 Å². The summed E-state index contributed by atoms with van der Waals surface area (Å²) in [7, 11) is 0. The van der Waals surface area contributed by atoms with Gasteiger partial charge in [-0.15, -0.1) is 0 Å². The fourth-order valence-electron chi connectivity index (χ4n) is 3.86. The summed E-state index contributed by atoms with van der Waals surface area (Å²) in [6, 6.07) is 5.59. The molecule has 1 atom stereocenters. The lowest BCUT2D eigenvalue weighted by molar-refractivity contribution is -0.137. The molecule has 1 unspecified atom stereocenters. The monoisotopic (exact) mass is 415 g/mol. The summed E-state index contributed by atoms with van der Waals surface area (Å²) >= 11 is 6.15. The maximum absolute atomic E-state index is 12.7. The van der Waals surface area contributed by atoms with Crippen molar-refractivity contribution >= 4 is 28.4 Å². The van der Waals surface area contributed by atoms with Gasteiger partial charge in [0.25, 0.3) is 0 Å². The molecule has 0 spiro atoms. The predicted octanol–water partition coefficient (Wildman–Crippen LogP) is 4.84. The minimum atomic E-state index is -4.22. The van der Waals surface area contributed by atoms with Crippen molar-refractivity contribution in [3.8, 4) is 0 Å². The van der Waals surface area contributed by atoms with Gasteiger partial charge in [-0.3, -0.25) is 4.79 Å². The van der Waals surface area contributed by atoms with Gasteiger partial charge in [-0.05, 0) is 42.5 Å². The molecule has 0 saturated heterocycles. The van der Waals surface area contributed by atoms with Crippen molar-refractivity contribution in [2.24, 2.45) is 5.92 Å². The average molecular weight is 416 g/mol. The number of nitrogens with zero attached hydrogens (tertiary/aromatic N) is 1. The van der Waals surface area contributed by atoms with Crippen LogP contribution in [0.5, 0.6) is 0 Å². The number of hydrogen-bond acceptors (Lipinski definition) is 2. The third kappa shape index (κ3) is 4.81. The van der Waals surface area contributed by atoms with Gasteiger partial charge < -0.3 is 15.2 Å². The summed E-state index contributed by atoms with van der Waals surface area (Å²) in [6.07, 6.45) is -3.69. The minimum absolute atomic E-state index is 0.0912. The molecule has 1 aromatic heterocycles. The third-order valence-electron chi connectivity index (χ3n) is 5.09. The van der Waals surface area contributed by atoms with Crippen LogP contribution in [0.4, 0.5) is 13.2 Å². The van der Waals surface area contributed by atoms with Gasteiger partial charge in [0.15, 0.2) is 0 Å². The van der Waals surface area contributed by atoms with E-state index in [-0.39, 0.29) is 25.0 Å². The Balaban J connectivity index is 1.79. The van der Waals surface area contributed by atoms with E-state index in [2.05, 4.69) is 24.1 Å². The summed E-state index contributed by atoms with van der Waals surface area (Å²) in [4.78, 5) is 18.0. The van der Waals surface area contributed by atoms with E-state index in [0.717, 1.165) is 23.0 Å². The number of carbonyl (C=O) groups is 1. The molecule has 4 nitrogen and oxygen atoms in total. The number of nitrogens with one attached hydrogen (secondary N) is 2. The molecule has 1 aromatic carbocycles. The van der Waals surface area contributed by atoms with Crippen molar-refractivity contribution in [3.05, 3.63) is 34.5 Å². The van der Waals surface area contributed by atoms with Crippen molar-refractivity contribution in [1.29, 1.82) is 0 Å². The third-order valence-corrected chi connectivity index (χ3v) is 5.32. The van der Waals surface area contributed by atoms with Crippen LogP contribution in [0.15, 0.2) is 18.2 Å². The molecule has 28 heavy (non-hydrogen) atoms. The lowest BCUT2D eigenvalue weighted by Crippen LogP contribution is -2.45. The van der Waals surface area contributed by atoms with E-state index in [1.165, 1.54) is 5.56 Å². The molecule has 8 heteroatoms. The molecule has 0 radical (unpaired) electrons. The maximum Gasteiger partial charge on any atom is 0.390 e. The number of aromatic amines is 1. The fourth-order valence-corrected chi connectivity index (χ4v) is 4.03. The van der Waals surface area contributed by atoms with Crippen molar-refractivity contribution in [3.63, 3.8) is 0 Å². The number of alkyl halides is 3. The minimum Gasteiger partial charge on any atom is -0.356 e. The summed E-state index contributed by atoms with van der Waals surface area (Å²) in [5, 5.41) is 4.38. The van der Waals surface area contributed by atoms with Gasteiger partial charge >= 0.3 is 6.18 Å². The second kappa shape index (κ2) is 8.33. The van der Waals surface area contributed by atoms with Gasteiger partial charge in [0.2, 0.25) is 5.91 Å². The number of halogens is 4. The zero-order valence-electron chi connectivity index (χ0n) is 16.0. The standard InChI is InChI=1S/C20H25ClF3N3O/c1-12(2)9-17-19-14(15-10-13(21)3-4-16(15)26-19)5-8-27(17)18(28)11-25-7-6-20(22,23)24/h3-4,10,12,17,25-26H,5-9,11H2,1-2H3. The van der Waals surface area contributed by atoms with Crippen LogP contribution in [-0.4, -0.2) is 41.6 Å². The Labute approximate surface area is 167 Å². The highest BCUT2D eigenvalue weighted by molar-refractivity contribution is 6.31. The smallest absolute Gasteiger partial charge is 0.356 e. The molecule has 154 valence electrons. The first-order valence-electron chi connectivity index (χ1n) is 9.52. The van der Waals surface area contributed by atoms with Gasteiger partial charge in [0.1, 0.15) is 0 Å². The fraction of sp³-hybridized carbons (Fsp3) is 0.550. The van der Waals surface area contributed by atoms with Crippen LogP contribution in [0.2, 0.25) is 5.02 Å². The first kappa shape index (κ1) is 21.0. The maximum atomic E-state index is 12.7. The Morgan fingerprint density at radius 2 is 2.14 bits per heavy atom. The van der Waals surface area contributed by atoms with Crippen LogP contribution in [0.1, 0.15) is 44.0 Å². The molecule has 2 heterocycles. The van der Waals surface area contributed by atoms with E-state index in [0.29, 0.717) is 23.9 Å². The molecular formula is C20H25ClF3N3O. The summed E-state index contributed by atoms with van der Waals surface area (Å²) in [5.74, 6) is 0.189. The Kier molecular flexibility index (Phi) is 6.25. The molecule has 2 N–H and O–H groups in total. The van der Waals surface area contributed by atoms with E-state index in [4.69, 9.17) is 11.6 Å². The van der Waals surface area contributed by atoms with Crippen LogP contribution < -0.4 is 5.32 Å². The number of aromatic nitrogens is 1. The first-order chi connectivity index (χ1) is 13.2. The Bertz CT molecular complexity index is 847. The Morgan fingerprint density at radius 1 is 1.39 bits per heavy atom. The molecule has 0 bridgehead atoms. The lowest BCUT2D eigenvalue weighted by Gasteiger charge is -2.37. The summed E-state index contributed by atoms with van der Waals surface area (Å²) in [6.45, 7) is 4.39. The number of H-pyrrole nitrogens is 1. The number of fused-ring (bicyclic) bond motifs is 3. The molecule has 1 amide bonds. The van der Waals surface area contributed by atoms with Gasteiger partial charge in [0, 0.05) is 34.7 Å². The molecule has 0 saturated carbocycles. The van der Waals surface area contributed by atoms with Gasteiger partial charge in [-0.25, -0.2) is 0 Å². The number of amides is 1. The second-order valence-corrected chi connectivity index (χ2v) is 8.17. The van der Waals surface area contributed by atoms with Crippen molar-refractivity contribution in [2.45, 2.75) is 45.3 Å². The average Bonchev–Trinajstić information content (AvgIpc) is 2.96. The van der Waals surface area contributed by atoms with Crippen LogP contribution in [-0.2, 0) is 11.2 Å². The molecule has 1 aliphatic heterocycles. The number of hydrogen-bond donors (Lipinski definition) is 2. The summed E-state index contributed by atoms with van der Waals surface area (Å²) in [5.41, 5.74) is 3.18. The van der Waals surface area contributed by atoms with E-state index in [1.54, 1.807) is 4.90 Å². The highest BCUT2D eigenvalue weighted by Gasteiger charge is 2.33. The van der Waals surface area contributed by atoms with Crippen molar-refractivity contribution in [2.75, 3.05) is 19.6 Å². The SMILES string of the molecule is CC(C)CC1c2[nH]c3ccc(Cl)cc3c2CCN1C(=O)CNCCC(F)(F)F. The van der Waals surface area contributed by atoms with E-state index in [9.17, 15) is 18.0 Å². The van der Waals surface area contributed by atoms with E-state index >= 15 is 0 Å². The van der Waals surface area contributed by atoms with Crippen molar-refractivity contribution < 1.29 is 18.0 Å². The normalized spacial score (nSPS) is 17.4. The first-order valence-corrected chi connectivity index (χ1v) is 9.90. The van der Waals surface area contributed by atoms with E-state index < -0.39 is 12.6 Å². The predicted molar refractivity (Wildman–Crippen MR) is 104 cm³/mol. The zero-order chi connectivity index (χ0) is 20.5. The molecule has 2 aromatic rings. The Morgan fingerprint density at radius 3 is 2.82 bits per heavy atom. The zero-order valence-corrected chi connectivity index (χ0v) is 16.8. The largest absolute Gasteiger partial charge is 0.390 e. The van der Waals surface area contributed by atoms with Gasteiger partial charge in [-0.1, -0.05) is 25.4 Å². The van der Waals surface area contributed by atoms with Crippen LogP contribution >= 0.6 is 11.6 Å². The molecular weight excluding hydrogens is 391 g/mol. The highest BCUT2D eigenvalue weighted by Crippen LogP contribution is 2.38. The van der Waals surface area contributed by atoms with Crippen LogP contribution in [0, 0.1) is 5.92 Å². The van der Waals surface area contributed by atoms with Gasteiger partial charge in [0.05, 0.1) is 19.0 Å². The summed E-state index contributed by atoms with van der Waals surface area (Å²) < 4.78 is 36.9. The van der Waals surface area contributed by atoms with E-state index in [1.807, 2.05) is 18.2 Å². The molecule has 0 aliphatic carbocycles. The quantitative estimate of drug-likeness (QED) is 0.663. The lowest BCUT2D eigenvalue weighted by atomic mass is 9.91. The van der Waals surface area contributed by atoms with Crippen molar-refractivity contribution in [1.82, 2.24) is 15.2 Å². The highest BCUT2D eigenvalue weighted by atomic mass is 35.5. The van der Waals surface area contributed by atoms with Crippen LogP contribution in [0.25, 0.3) is 10.9 Å². The molecule has 0 fully saturated rings. The molecule has 3 rings (SSSR count). The topological polar surface area (TPSA) is 48.1 Å². The number of benzene rings is 1. The Hall–Kier alpha value is -1.73.